The number of phenolic OH excluding ortho intramolecular Hbond substituents is 2. The summed E-state index contributed by atoms with van der Waals surface area (Å²) in [6.45, 7) is -0.174. The fraction of sp³-hybridized carbons (Fsp3) is 0.167. The second-order valence-electron chi connectivity index (χ2n) is 6.99. The third-order valence-corrected chi connectivity index (χ3v) is 4.56. The minimum Gasteiger partial charge on any atom is -0.506 e. The van der Waals surface area contributed by atoms with Crippen molar-refractivity contribution in [2.24, 2.45) is 0 Å². The van der Waals surface area contributed by atoms with Crippen molar-refractivity contribution in [3.63, 3.8) is 0 Å². The summed E-state index contributed by atoms with van der Waals surface area (Å²) in [5.74, 6) is -0.707. The van der Waals surface area contributed by atoms with Crippen LogP contribution in [-0.4, -0.2) is 58.7 Å². The number of rotatable bonds is 10. The highest BCUT2D eigenvalue weighted by Crippen LogP contribution is 2.29. The number of benzene rings is 3. The van der Waals surface area contributed by atoms with Crippen LogP contribution in [0, 0.1) is 0 Å². The molecule has 6 N–H and O–H groups in total. The fourth-order valence-electron chi connectivity index (χ4n) is 2.90. The molecule has 0 aromatic heterocycles. The van der Waals surface area contributed by atoms with E-state index in [9.17, 15) is 19.8 Å². The molecule has 0 aliphatic carbocycles. The first-order valence-corrected chi connectivity index (χ1v) is 10.3. The summed E-state index contributed by atoms with van der Waals surface area (Å²) < 4.78 is 10.4. The summed E-state index contributed by atoms with van der Waals surface area (Å²) in [7, 11) is 0. The standard InChI is InChI=1S/C24H24N2O8/c27-9-11-33-17-5-7-19(21(29)13-17)25-23(31)15-1-2-16(4-3-15)24(32)26-20-8-6-18(14-22(20)30)34-12-10-28/h1-8,13-14,27-30H,9-12H2,(H,25,31)(H,26,32). The molecule has 0 aliphatic heterocycles. The number of phenols is 2. The number of hydrogen-bond acceptors (Lipinski definition) is 8. The van der Waals surface area contributed by atoms with Crippen LogP contribution < -0.4 is 20.1 Å². The minimum absolute atomic E-state index is 0.0784. The first kappa shape index (κ1) is 24.4. The van der Waals surface area contributed by atoms with Gasteiger partial charge in [-0.05, 0) is 48.5 Å². The maximum absolute atomic E-state index is 12.5. The Kier molecular flexibility index (Phi) is 8.27. The molecule has 178 valence electrons. The van der Waals surface area contributed by atoms with Gasteiger partial charge in [0.15, 0.2) is 0 Å². The Labute approximate surface area is 195 Å². The van der Waals surface area contributed by atoms with Gasteiger partial charge in [0.25, 0.3) is 11.8 Å². The van der Waals surface area contributed by atoms with Crippen molar-refractivity contribution in [1.29, 1.82) is 0 Å². The van der Waals surface area contributed by atoms with E-state index in [0.29, 0.717) is 11.5 Å². The van der Waals surface area contributed by atoms with E-state index in [1.165, 1.54) is 48.5 Å². The Bertz CT molecular complexity index is 1060. The van der Waals surface area contributed by atoms with Crippen LogP contribution in [0.1, 0.15) is 20.7 Å². The van der Waals surface area contributed by atoms with E-state index in [0.717, 1.165) is 0 Å². The van der Waals surface area contributed by atoms with Crippen LogP contribution >= 0.6 is 0 Å². The number of ether oxygens (including phenoxy) is 2. The lowest BCUT2D eigenvalue weighted by atomic mass is 10.1. The van der Waals surface area contributed by atoms with Crippen molar-refractivity contribution >= 4 is 23.2 Å². The van der Waals surface area contributed by atoms with Crippen molar-refractivity contribution in [2.75, 3.05) is 37.1 Å². The predicted octanol–water partition coefficient (Wildman–Crippen LogP) is 2.34. The third kappa shape index (κ3) is 6.37. The van der Waals surface area contributed by atoms with Gasteiger partial charge in [-0.3, -0.25) is 9.59 Å². The molecule has 0 aliphatic rings. The molecular formula is C24H24N2O8. The summed E-state index contributed by atoms with van der Waals surface area (Å²) in [6, 6.07) is 14.5. The maximum Gasteiger partial charge on any atom is 0.255 e. The predicted molar refractivity (Wildman–Crippen MR) is 124 cm³/mol. The van der Waals surface area contributed by atoms with Crippen molar-refractivity contribution in [3.05, 3.63) is 71.8 Å². The number of aliphatic hydroxyl groups excluding tert-OH is 2. The lowest BCUT2D eigenvalue weighted by Crippen LogP contribution is -2.14. The molecule has 0 heterocycles. The Hall–Kier alpha value is -4.28. The number of carbonyl (C=O) groups is 2. The highest BCUT2D eigenvalue weighted by Gasteiger charge is 2.13. The van der Waals surface area contributed by atoms with Crippen LogP contribution in [-0.2, 0) is 0 Å². The van der Waals surface area contributed by atoms with Gasteiger partial charge >= 0.3 is 0 Å². The molecule has 10 nitrogen and oxygen atoms in total. The molecule has 3 aromatic carbocycles. The topological polar surface area (TPSA) is 158 Å². The number of amides is 2. The summed E-state index contributed by atoms with van der Waals surface area (Å²) in [5.41, 5.74) is 0.852. The number of carbonyl (C=O) groups excluding carboxylic acids is 2. The van der Waals surface area contributed by atoms with Crippen LogP contribution in [0.15, 0.2) is 60.7 Å². The fourth-order valence-corrected chi connectivity index (χ4v) is 2.90. The van der Waals surface area contributed by atoms with E-state index >= 15 is 0 Å². The molecule has 0 fully saturated rings. The van der Waals surface area contributed by atoms with Gasteiger partial charge < -0.3 is 40.5 Å². The average Bonchev–Trinajstić information content (AvgIpc) is 2.84. The van der Waals surface area contributed by atoms with Crippen LogP contribution in [0.4, 0.5) is 11.4 Å². The summed E-state index contributed by atoms with van der Waals surface area (Å²) in [5, 5.41) is 42.9. The van der Waals surface area contributed by atoms with Crippen molar-refractivity contribution < 1.29 is 39.5 Å². The van der Waals surface area contributed by atoms with Crippen molar-refractivity contribution in [3.8, 4) is 23.0 Å². The van der Waals surface area contributed by atoms with E-state index < -0.39 is 11.8 Å². The second kappa shape index (κ2) is 11.5. The zero-order valence-electron chi connectivity index (χ0n) is 18.0. The van der Waals surface area contributed by atoms with Gasteiger partial charge in [-0.2, -0.15) is 0 Å². The molecular weight excluding hydrogens is 444 g/mol. The van der Waals surface area contributed by atoms with E-state index in [-0.39, 0.29) is 60.4 Å². The Morgan fingerprint density at radius 3 is 1.35 bits per heavy atom. The van der Waals surface area contributed by atoms with Gasteiger partial charge in [0, 0.05) is 23.3 Å². The first-order chi connectivity index (χ1) is 16.4. The molecule has 0 radical (unpaired) electrons. The first-order valence-electron chi connectivity index (χ1n) is 10.3. The van der Waals surface area contributed by atoms with Crippen LogP contribution in [0.25, 0.3) is 0 Å². The second-order valence-corrected chi connectivity index (χ2v) is 6.99. The van der Waals surface area contributed by atoms with E-state index in [4.69, 9.17) is 19.7 Å². The molecule has 0 saturated carbocycles. The van der Waals surface area contributed by atoms with Crippen molar-refractivity contribution in [1.82, 2.24) is 0 Å². The Morgan fingerprint density at radius 1 is 0.647 bits per heavy atom. The zero-order valence-corrected chi connectivity index (χ0v) is 18.0. The smallest absolute Gasteiger partial charge is 0.255 e. The minimum atomic E-state index is -0.498. The van der Waals surface area contributed by atoms with Gasteiger partial charge in [0.1, 0.15) is 36.2 Å². The monoisotopic (exact) mass is 468 g/mol. The Balaban J connectivity index is 1.62. The molecule has 0 bridgehead atoms. The zero-order chi connectivity index (χ0) is 24.5. The SMILES string of the molecule is O=C(Nc1ccc(OCCO)cc1O)c1ccc(C(=O)Nc2ccc(OCCO)cc2O)cc1. The number of nitrogens with one attached hydrogen (secondary N) is 2. The normalized spacial score (nSPS) is 10.4. The van der Waals surface area contributed by atoms with Crippen LogP contribution in [0.5, 0.6) is 23.0 Å². The number of anilines is 2. The molecule has 0 unspecified atom stereocenters. The Morgan fingerprint density at radius 2 is 1.03 bits per heavy atom. The quantitative estimate of drug-likeness (QED) is 0.248. The largest absolute Gasteiger partial charge is 0.506 e. The highest BCUT2D eigenvalue weighted by molar-refractivity contribution is 6.07. The molecule has 3 rings (SSSR count). The summed E-state index contributed by atoms with van der Waals surface area (Å²) in [4.78, 5) is 25.0. The van der Waals surface area contributed by atoms with Gasteiger partial charge in [-0.15, -0.1) is 0 Å². The van der Waals surface area contributed by atoms with Gasteiger partial charge in [0.05, 0.1) is 24.6 Å². The van der Waals surface area contributed by atoms with Gasteiger partial charge in [-0.1, -0.05) is 0 Å². The van der Waals surface area contributed by atoms with Gasteiger partial charge in [-0.25, -0.2) is 0 Å². The summed E-state index contributed by atoms with van der Waals surface area (Å²) in [6.07, 6.45) is 0. The third-order valence-electron chi connectivity index (χ3n) is 4.56. The number of hydrogen-bond donors (Lipinski definition) is 6. The lowest BCUT2D eigenvalue weighted by molar-refractivity contribution is 0.101. The average molecular weight is 468 g/mol. The van der Waals surface area contributed by atoms with E-state index in [2.05, 4.69) is 10.6 Å². The summed E-state index contributed by atoms with van der Waals surface area (Å²) >= 11 is 0. The molecule has 2 amide bonds. The molecule has 0 atom stereocenters. The highest BCUT2D eigenvalue weighted by atomic mass is 16.5. The van der Waals surface area contributed by atoms with E-state index in [1.807, 2.05) is 0 Å². The lowest BCUT2D eigenvalue weighted by Gasteiger charge is -2.11. The molecule has 10 heteroatoms. The number of aromatic hydroxyl groups is 2. The van der Waals surface area contributed by atoms with Crippen LogP contribution in [0.3, 0.4) is 0 Å². The molecule has 34 heavy (non-hydrogen) atoms. The molecule has 3 aromatic rings. The maximum atomic E-state index is 12.5. The van der Waals surface area contributed by atoms with Crippen molar-refractivity contribution in [2.45, 2.75) is 0 Å². The molecule has 0 saturated heterocycles. The van der Waals surface area contributed by atoms with E-state index in [1.54, 1.807) is 12.1 Å². The molecule has 0 spiro atoms. The van der Waals surface area contributed by atoms with Gasteiger partial charge in [0.2, 0.25) is 0 Å². The number of aliphatic hydroxyl groups is 2. The van der Waals surface area contributed by atoms with Crippen LogP contribution in [0.2, 0.25) is 0 Å².